The van der Waals surface area contributed by atoms with Crippen molar-refractivity contribution in [1.29, 1.82) is 0 Å². The first-order chi connectivity index (χ1) is 9.11. The van der Waals surface area contributed by atoms with Crippen LogP contribution in [0, 0.1) is 12.8 Å². The smallest absolute Gasteiger partial charge is 0.324 e. The zero-order chi connectivity index (χ0) is 15.5. The molecule has 0 aliphatic carbocycles. The first kappa shape index (κ1) is 19.7. The van der Waals surface area contributed by atoms with Crippen LogP contribution in [0.15, 0.2) is 18.2 Å². The van der Waals surface area contributed by atoms with Gasteiger partial charge in [0, 0.05) is 5.69 Å². The number of anilines is 1. The van der Waals surface area contributed by atoms with Crippen LogP contribution in [0.1, 0.15) is 31.4 Å². The molecule has 0 aliphatic rings. The predicted molar refractivity (Wildman–Crippen MR) is 79.5 cm³/mol. The van der Waals surface area contributed by atoms with Crippen molar-refractivity contribution < 1.29 is 18.0 Å². The summed E-state index contributed by atoms with van der Waals surface area (Å²) in [5, 5.41) is 2.46. The Balaban J connectivity index is 0.00000400. The molecule has 1 aromatic rings. The third-order valence-electron chi connectivity index (χ3n) is 2.88. The second-order valence-corrected chi connectivity index (χ2v) is 5.25. The fourth-order valence-corrected chi connectivity index (χ4v) is 1.77. The number of nitrogens with two attached hydrogens (primary N) is 1. The highest BCUT2D eigenvalue weighted by molar-refractivity contribution is 5.95. The summed E-state index contributed by atoms with van der Waals surface area (Å²) < 4.78 is 37.9. The van der Waals surface area contributed by atoms with Crippen LogP contribution in [-0.2, 0) is 11.0 Å². The number of hydrogen-bond donors (Lipinski definition) is 2. The van der Waals surface area contributed by atoms with Gasteiger partial charge in [-0.2, -0.15) is 13.2 Å². The SMILES string of the molecule is Cc1ccc(C(F)(F)F)cc1NC(=O)[C@@H](N)CC(C)C.Cl. The number of carbonyl (C=O) groups excluding carboxylic acids is 1. The van der Waals surface area contributed by atoms with Gasteiger partial charge in [0.15, 0.2) is 0 Å². The predicted octanol–water partition coefficient (Wildman–Crippen LogP) is 3.75. The zero-order valence-corrected chi connectivity index (χ0v) is 12.9. The molecule has 0 radical (unpaired) electrons. The van der Waals surface area contributed by atoms with E-state index in [9.17, 15) is 18.0 Å². The lowest BCUT2D eigenvalue weighted by Crippen LogP contribution is -2.36. The number of benzene rings is 1. The fraction of sp³-hybridized carbons (Fsp3) is 0.500. The molecule has 120 valence electrons. The van der Waals surface area contributed by atoms with Gasteiger partial charge in [0.05, 0.1) is 11.6 Å². The monoisotopic (exact) mass is 324 g/mol. The maximum Gasteiger partial charge on any atom is 0.416 e. The molecule has 3 nitrogen and oxygen atoms in total. The van der Waals surface area contributed by atoms with E-state index in [1.807, 2.05) is 13.8 Å². The third kappa shape index (κ3) is 5.93. The van der Waals surface area contributed by atoms with Gasteiger partial charge in [-0.3, -0.25) is 4.79 Å². The molecule has 1 amide bonds. The van der Waals surface area contributed by atoms with Crippen LogP contribution < -0.4 is 11.1 Å². The number of nitrogens with one attached hydrogen (secondary N) is 1. The summed E-state index contributed by atoms with van der Waals surface area (Å²) in [6, 6.07) is 2.50. The van der Waals surface area contributed by atoms with Crippen molar-refractivity contribution in [2.75, 3.05) is 5.32 Å². The van der Waals surface area contributed by atoms with Crippen LogP contribution in [0.5, 0.6) is 0 Å². The molecule has 0 unspecified atom stereocenters. The number of amides is 1. The van der Waals surface area contributed by atoms with E-state index in [0.717, 1.165) is 12.1 Å². The Hall–Kier alpha value is -1.27. The summed E-state index contributed by atoms with van der Waals surface area (Å²) in [5.41, 5.74) is 5.61. The minimum Gasteiger partial charge on any atom is -0.324 e. The molecule has 0 aromatic heterocycles. The molecule has 3 N–H and O–H groups in total. The standard InChI is InChI=1S/C14H19F3N2O.ClH/c1-8(2)6-11(18)13(20)19-12-7-10(14(15,16)17)5-4-9(12)3;/h4-5,7-8,11H,6,18H2,1-3H3,(H,19,20);1H/t11-;/m0./s1. The summed E-state index contributed by atoms with van der Waals surface area (Å²) >= 11 is 0. The van der Waals surface area contributed by atoms with Crippen molar-refractivity contribution in [2.45, 2.75) is 39.4 Å². The number of alkyl halides is 3. The fourth-order valence-electron chi connectivity index (χ4n) is 1.77. The number of hydrogen-bond acceptors (Lipinski definition) is 2. The summed E-state index contributed by atoms with van der Waals surface area (Å²) in [4.78, 5) is 11.8. The molecule has 0 fully saturated rings. The minimum atomic E-state index is -4.44. The van der Waals surface area contributed by atoms with Crippen molar-refractivity contribution in [3.05, 3.63) is 29.3 Å². The van der Waals surface area contributed by atoms with Gasteiger partial charge in [-0.05, 0) is 37.0 Å². The second-order valence-electron chi connectivity index (χ2n) is 5.25. The molecule has 1 rings (SSSR count). The third-order valence-corrected chi connectivity index (χ3v) is 2.88. The second kappa shape index (κ2) is 7.66. The van der Waals surface area contributed by atoms with E-state index < -0.39 is 23.7 Å². The number of carbonyl (C=O) groups is 1. The van der Waals surface area contributed by atoms with Gasteiger partial charge in [-0.15, -0.1) is 12.4 Å². The van der Waals surface area contributed by atoms with E-state index in [-0.39, 0.29) is 24.0 Å². The number of aryl methyl sites for hydroxylation is 1. The van der Waals surface area contributed by atoms with Gasteiger partial charge in [-0.1, -0.05) is 19.9 Å². The summed E-state index contributed by atoms with van der Waals surface area (Å²) in [5.74, 6) is -0.237. The molecule has 0 heterocycles. The highest BCUT2D eigenvalue weighted by atomic mass is 35.5. The molecule has 0 saturated carbocycles. The van der Waals surface area contributed by atoms with Crippen molar-refractivity contribution in [2.24, 2.45) is 11.7 Å². The van der Waals surface area contributed by atoms with Gasteiger partial charge in [0.1, 0.15) is 0 Å². The minimum absolute atomic E-state index is 0. The van der Waals surface area contributed by atoms with Crippen molar-refractivity contribution >= 4 is 24.0 Å². The maximum absolute atomic E-state index is 12.6. The molecule has 0 aliphatic heterocycles. The quantitative estimate of drug-likeness (QED) is 0.886. The Kier molecular flexibility index (Phi) is 7.19. The van der Waals surface area contributed by atoms with Gasteiger partial charge in [0.2, 0.25) is 5.91 Å². The van der Waals surface area contributed by atoms with E-state index in [0.29, 0.717) is 12.0 Å². The molecule has 0 spiro atoms. The molecular weight excluding hydrogens is 305 g/mol. The van der Waals surface area contributed by atoms with Crippen LogP contribution in [0.3, 0.4) is 0 Å². The summed E-state index contributed by atoms with van der Waals surface area (Å²) in [7, 11) is 0. The lowest BCUT2D eigenvalue weighted by atomic mass is 10.0. The van der Waals surface area contributed by atoms with Crippen LogP contribution >= 0.6 is 12.4 Å². The molecule has 1 atom stereocenters. The van der Waals surface area contributed by atoms with E-state index in [4.69, 9.17) is 5.73 Å². The van der Waals surface area contributed by atoms with E-state index in [1.165, 1.54) is 6.07 Å². The van der Waals surface area contributed by atoms with E-state index in [1.54, 1.807) is 6.92 Å². The lowest BCUT2D eigenvalue weighted by molar-refractivity contribution is -0.137. The Morgan fingerprint density at radius 2 is 1.90 bits per heavy atom. The number of rotatable bonds is 4. The highest BCUT2D eigenvalue weighted by Gasteiger charge is 2.31. The van der Waals surface area contributed by atoms with Crippen molar-refractivity contribution in [3.8, 4) is 0 Å². The van der Waals surface area contributed by atoms with Crippen LogP contribution in [0.2, 0.25) is 0 Å². The molecular formula is C14H20ClF3N2O. The van der Waals surface area contributed by atoms with Crippen molar-refractivity contribution in [1.82, 2.24) is 0 Å². The molecule has 0 bridgehead atoms. The Morgan fingerprint density at radius 3 is 2.38 bits per heavy atom. The van der Waals surface area contributed by atoms with Crippen LogP contribution in [0.4, 0.5) is 18.9 Å². The summed E-state index contributed by atoms with van der Waals surface area (Å²) in [6.07, 6.45) is -3.96. The largest absolute Gasteiger partial charge is 0.416 e. The Labute approximate surface area is 128 Å². The zero-order valence-electron chi connectivity index (χ0n) is 12.1. The van der Waals surface area contributed by atoms with Gasteiger partial charge >= 0.3 is 6.18 Å². The molecule has 0 saturated heterocycles. The first-order valence-corrected chi connectivity index (χ1v) is 6.35. The van der Waals surface area contributed by atoms with Crippen LogP contribution in [-0.4, -0.2) is 11.9 Å². The van der Waals surface area contributed by atoms with Crippen molar-refractivity contribution in [3.63, 3.8) is 0 Å². The Bertz CT molecular complexity index is 490. The summed E-state index contributed by atoms with van der Waals surface area (Å²) in [6.45, 7) is 5.47. The van der Waals surface area contributed by atoms with E-state index >= 15 is 0 Å². The normalized spacial score (nSPS) is 12.8. The van der Waals surface area contributed by atoms with E-state index in [2.05, 4.69) is 5.32 Å². The van der Waals surface area contributed by atoms with Gasteiger partial charge < -0.3 is 11.1 Å². The van der Waals surface area contributed by atoms with Gasteiger partial charge in [0.25, 0.3) is 0 Å². The van der Waals surface area contributed by atoms with Gasteiger partial charge in [-0.25, -0.2) is 0 Å². The van der Waals surface area contributed by atoms with Crippen LogP contribution in [0.25, 0.3) is 0 Å². The lowest BCUT2D eigenvalue weighted by Gasteiger charge is -2.16. The maximum atomic E-state index is 12.6. The average Bonchev–Trinajstić information content (AvgIpc) is 2.29. The Morgan fingerprint density at radius 1 is 1.33 bits per heavy atom. The molecule has 7 heteroatoms. The first-order valence-electron chi connectivity index (χ1n) is 6.35. The number of halogens is 4. The highest BCUT2D eigenvalue weighted by Crippen LogP contribution is 2.32. The average molecular weight is 325 g/mol. The topological polar surface area (TPSA) is 55.1 Å². The molecule has 1 aromatic carbocycles. The molecule has 21 heavy (non-hydrogen) atoms.